The molecule has 6 heteroatoms. The van der Waals surface area contributed by atoms with Gasteiger partial charge in [0.2, 0.25) is 0 Å². The van der Waals surface area contributed by atoms with Gasteiger partial charge in [0, 0.05) is 6.42 Å². The van der Waals surface area contributed by atoms with Gasteiger partial charge in [-0.3, -0.25) is 0 Å². The molecule has 0 unspecified atom stereocenters. The predicted molar refractivity (Wildman–Crippen MR) is 71.4 cm³/mol. The summed E-state index contributed by atoms with van der Waals surface area (Å²) in [6.45, 7) is 3.09. The van der Waals surface area contributed by atoms with Crippen molar-refractivity contribution in [3.05, 3.63) is 21.5 Å². The Labute approximate surface area is 109 Å². The summed E-state index contributed by atoms with van der Waals surface area (Å²) in [5, 5.41) is 0. The second-order valence-electron chi connectivity index (χ2n) is 4.76. The molecule has 102 valence electrons. The third kappa shape index (κ3) is 2.40. The molecule has 0 N–H and O–H groups in total. The zero-order valence-corrected chi connectivity index (χ0v) is 12.3. The van der Waals surface area contributed by atoms with Gasteiger partial charge in [-0.15, -0.1) is 0 Å². The van der Waals surface area contributed by atoms with E-state index in [9.17, 15) is 16.8 Å². The number of hydrogen-bond donors (Lipinski definition) is 0. The second kappa shape index (κ2) is 4.49. The quantitative estimate of drug-likeness (QED) is 0.774. The molecule has 0 amide bonds. The molecular weight excluding hydrogens is 272 g/mol. The van der Waals surface area contributed by atoms with E-state index in [-0.39, 0.29) is 21.3 Å². The molecule has 1 fully saturated rings. The van der Waals surface area contributed by atoms with E-state index in [1.165, 1.54) is 0 Å². The van der Waals surface area contributed by atoms with Crippen LogP contribution in [-0.2, 0) is 19.7 Å². The summed E-state index contributed by atoms with van der Waals surface area (Å²) in [6, 6.07) is 0. The van der Waals surface area contributed by atoms with E-state index >= 15 is 0 Å². The van der Waals surface area contributed by atoms with Crippen molar-refractivity contribution < 1.29 is 16.8 Å². The van der Waals surface area contributed by atoms with Crippen LogP contribution >= 0.6 is 0 Å². The lowest BCUT2D eigenvalue weighted by Gasteiger charge is -2.07. The molecule has 18 heavy (non-hydrogen) atoms. The molecule has 0 spiro atoms. The van der Waals surface area contributed by atoms with E-state index in [1.807, 2.05) is 0 Å². The highest BCUT2D eigenvalue weighted by Gasteiger charge is 2.37. The minimum Gasteiger partial charge on any atom is -0.224 e. The van der Waals surface area contributed by atoms with Gasteiger partial charge in [-0.2, -0.15) is 0 Å². The van der Waals surface area contributed by atoms with E-state index in [2.05, 4.69) is 0 Å². The van der Waals surface area contributed by atoms with Crippen LogP contribution in [0.15, 0.2) is 21.5 Å². The summed E-state index contributed by atoms with van der Waals surface area (Å²) in [5.41, 5.74) is 0.981. The molecule has 2 aliphatic rings. The molecule has 1 saturated carbocycles. The van der Waals surface area contributed by atoms with Crippen LogP contribution in [0.1, 0.15) is 33.1 Å². The fourth-order valence-corrected chi connectivity index (χ4v) is 5.07. The summed E-state index contributed by atoms with van der Waals surface area (Å²) in [4.78, 5) is 0.169. The van der Waals surface area contributed by atoms with E-state index in [0.717, 1.165) is 18.4 Å². The molecule has 0 saturated heterocycles. The fourth-order valence-electron chi connectivity index (χ4n) is 2.14. The lowest BCUT2D eigenvalue weighted by Crippen LogP contribution is -2.12. The molecule has 0 aromatic rings. The first-order valence-corrected chi connectivity index (χ1v) is 9.51. The number of sulfone groups is 2. The van der Waals surface area contributed by atoms with Gasteiger partial charge in [0.05, 0.1) is 21.3 Å². The van der Waals surface area contributed by atoms with E-state index in [1.54, 1.807) is 19.9 Å². The normalized spacial score (nSPS) is 21.3. The molecule has 0 atom stereocenters. The summed E-state index contributed by atoms with van der Waals surface area (Å²) >= 11 is 0. The van der Waals surface area contributed by atoms with Crippen LogP contribution < -0.4 is 0 Å². The minimum absolute atomic E-state index is 0.0448. The lowest BCUT2D eigenvalue weighted by molar-refractivity contribution is 0.598. The monoisotopic (exact) mass is 290 g/mol. The molecule has 0 heterocycles. The first-order chi connectivity index (χ1) is 8.31. The SMILES string of the molecule is CCS(=O)(=O)C1=C(S(=O)(=O)CC)CC(C2CC2)=C1. The first kappa shape index (κ1) is 13.8. The van der Waals surface area contributed by atoms with Gasteiger partial charge in [-0.05, 0) is 24.8 Å². The molecule has 2 rings (SSSR count). The third-order valence-electron chi connectivity index (χ3n) is 3.53. The molecule has 0 bridgehead atoms. The summed E-state index contributed by atoms with van der Waals surface area (Å²) in [7, 11) is -6.89. The Kier molecular flexibility index (Phi) is 3.44. The van der Waals surface area contributed by atoms with Crippen LogP contribution in [0.5, 0.6) is 0 Å². The second-order valence-corrected chi connectivity index (χ2v) is 9.31. The zero-order chi connectivity index (χ0) is 13.6. The van der Waals surface area contributed by atoms with Crippen LogP contribution in [0.3, 0.4) is 0 Å². The van der Waals surface area contributed by atoms with Crippen molar-refractivity contribution in [3.63, 3.8) is 0 Å². The Hall–Kier alpha value is -0.620. The van der Waals surface area contributed by atoms with Crippen molar-refractivity contribution >= 4 is 19.7 Å². The smallest absolute Gasteiger partial charge is 0.179 e. The van der Waals surface area contributed by atoms with Crippen LogP contribution in [-0.4, -0.2) is 28.3 Å². The Morgan fingerprint density at radius 1 is 1.06 bits per heavy atom. The van der Waals surface area contributed by atoms with Crippen molar-refractivity contribution in [2.24, 2.45) is 5.92 Å². The van der Waals surface area contributed by atoms with E-state index in [4.69, 9.17) is 0 Å². The van der Waals surface area contributed by atoms with Gasteiger partial charge in [-0.1, -0.05) is 19.4 Å². The molecule has 0 radical (unpaired) electrons. The van der Waals surface area contributed by atoms with Gasteiger partial charge in [0.15, 0.2) is 19.7 Å². The summed E-state index contributed by atoms with van der Waals surface area (Å²) in [5.74, 6) is 0.299. The lowest BCUT2D eigenvalue weighted by atomic mass is 10.1. The maximum Gasteiger partial charge on any atom is 0.179 e. The Morgan fingerprint density at radius 3 is 2.06 bits per heavy atom. The highest BCUT2D eigenvalue weighted by Crippen LogP contribution is 2.45. The minimum atomic E-state index is -3.45. The number of rotatable bonds is 5. The van der Waals surface area contributed by atoms with Crippen molar-refractivity contribution in [2.45, 2.75) is 33.1 Å². The van der Waals surface area contributed by atoms with Crippen molar-refractivity contribution in [1.82, 2.24) is 0 Å². The highest BCUT2D eigenvalue weighted by atomic mass is 32.2. The van der Waals surface area contributed by atoms with Crippen LogP contribution in [0, 0.1) is 5.92 Å². The van der Waals surface area contributed by atoms with Crippen LogP contribution in [0.2, 0.25) is 0 Å². The Bertz CT molecular complexity index is 617. The Morgan fingerprint density at radius 2 is 1.61 bits per heavy atom. The average molecular weight is 290 g/mol. The number of hydrogen-bond acceptors (Lipinski definition) is 4. The number of allylic oxidation sites excluding steroid dienone is 3. The largest absolute Gasteiger partial charge is 0.224 e. The van der Waals surface area contributed by atoms with Crippen LogP contribution in [0.25, 0.3) is 0 Å². The zero-order valence-electron chi connectivity index (χ0n) is 10.6. The maximum absolute atomic E-state index is 12.0. The molecule has 0 aromatic heterocycles. The molecule has 4 nitrogen and oxygen atoms in total. The van der Waals surface area contributed by atoms with Gasteiger partial charge in [0.1, 0.15) is 0 Å². The fraction of sp³-hybridized carbons (Fsp3) is 0.667. The molecular formula is C12H18O4S2. The highest BCUT2D eigenvalue weighted by molar-refractivity contribution is 7.99. The first-order valence-electron chi connectivity index (χ1n) is 6.21. The Balaban J connectivity index is 2.51. The van der Waals surface area contributed by atoms with Crippen molar-refractivity contribution in [3.8, 4) is 0 Å². The van der Waals surface area contributed by atoms with Gasteiger partial charge in [0.25, 0.3) is 0 Å². The third-order valence-corrected chi connectivity index (χ3v) is 7.33. The topological polar surface area (TPSA) is 68.3 Å². The predicted octanol–water partition coefficient (Wildman–Crippen LogP) is 1.81. The van der Waals surface area contributed by atoms with Crippen molar-refractivity contribution in [2.75, 3.05) is 11.5 Å². The summed E-state index contributed by atoms with van der Waals surface area (Å²) in [6.07, 6.45) is 4.00. The maximum atomic E-state index is 12.0. The average Bonchev–Trinajstić information content (AvgIpc) is 3.07. The van der Waals surface area contributed by atoms with Gasteiger partial charge < -0.3 is 0 Å². The van der Waals surface area contributed by atoms with Crippen molar-refractivity contribution in [1.29, 1.82) is 0 Å². The van der Waals surface area contributed by atoms with Crippen LogP contribution in [0.4, 0.5) is 0 Å². The molecule has 0 aromatic carbocycles. The van der Waals surface area contributed by atoms with Gasteiger partial charge >= 0.3 is 0 Å². The molecule has 0 aliphatic heterocycles. The summed E-state index contributed by atoms with van der Waals surface area (Å²) < 4.78 is 48.0. The molecule has 2 aliphatic carbocycles. The van der Waals surface area contributed by atoms with E-state index < -0.39 is 19.7 Å². The van der Waals surface area contributed by atoms with E-state index in [0.29, 0.717) is 12.3 Å². The standard InChI is InChI=1S/C12H18O4S2/c1-3-17(13,14)11-7-10(9-5-6-9)8-12(11)18(15,16)4-2/h7,9H,3-6,8H2,1-2H3. The van der Waals surface area contributed by atoms with Gasteiger partial charge in [-0.25, -0.2) is 16.8 Å².